The summed E-state index contributed by atoms with van der Waals surface area (Å²) < 4.78 is 1.36. The molecule has 5 aliphatic rings. The Labute approximate surface area is 389 Å². The van der Waals surface area contributed by atoms with Crippen molar-refractivity contribution in [3.8, 4) is 22.3 Å². The normalized spacial score (nSPS) is 22.8. The van der Waals surface area contributed by atoms with Crippen molar-refractivity contribution in [2.75, 3.05) is 0 Å². The number of benzene rings is 4. The Bertz CT molecular complexity index is 2070. The van der Waals surface area contributed by atoms with Gasteiger partial charge >= 0.3 is 368 Å². The molecule has 1 heterocycles. The third-order valence-corrected chi connectivity index (χ3v) is 25.2. The summed E-state index contributed by atoms with van der Waals surface area (Å²) in [7, 11) is -2.32. The molecule has 0 amide bonds. The van der Waals surface area contributed by atoms with Crippen LogP contribution in [0.15, 0.2) is 96.1 Å². The number of halogens is 2. The van der Waals surface area contributed by atoms with E-state index in [1.807, 2.05) is 21.5 Å². The molecule has 2 unspecified atom stereocenters. The Morgan fingerprint density at radius 3 is 1.27 bits per heavy atom. The van der Waals surface area contributed by atoms with Gasteiger partial charge in [-0.3, -0.25) is 0 Å². The molecule has 60 heavy (non-hydrogen) atoms. The van der Waals surface area contributed by atoms with E-state index >= 15 is 0 Å². The number of hydrogen-bond acceptors (Lipinski definition) is 0. The zero-order valence-electron chi connectivity index (χ0n) is 38.0. The van der Waals surface area contributed by atoms with Gasteiger partial charge in [-0.25, -0.2) is 0 Å². The molecule has 0 nitrogen and oxygen atoms in total. The summed E-state index contributed by atoms with van der Waals surface area (Å²) in [5, 5.41) is 3.85. The van der Waals surface area contributed by atoms with Crippen LogP contribution in [0.1, 0.15) is 173 Å². The minimum absolute atomic E-state index is 0. The van der Waals surface area contributed by atoms with Crippen LogP contribution in [0, 0.1) is 11.8 Å². The van der Waals surface area contributed by atoms with Crippen LogP contribution in [0.2, 0.25) is 12.6 Å². The van der Waals surface area contributed by atoms with Gasteiger partial charge in [-0.1, -0.05) is 0 Å². The van der Waals surface area contributed by atoms with Crippen molar-refractivity contribution in [3.05, 3.63) is 129 Å². The molecule has 0 spiro atoms. The maximum Gasteiger partial charge on any atom is -1.00 e. The topological polar surface area (TPSA) is 0 Å². The second-order valence-electron chi connectivity index (χ2n) is 21.5. The molecule has 1 aliphatic heterocycles. The van der Waals surface area contributed by atoms with Crippen LogP contribution in [-0.4, -0.2) is 8.07 Å². The second kappa shape index (κ2) is 18.3. The van der Waals surface area contributed by atoms with Crippen LogP contribution in [0.25, 0.3) is 32.6 Å². The smallest absolute Gasteiger partial charge is 1.00 e. The fourth-order valence-electron chi connectivity index (χ4n) is 12.5. The van der Waals surface area contributed by atoms with Crippen LogP contribution in [0.3, 0.4) is 0 Å². The Hall–Kier alpha value is -1.96. The van der Waals surface area contributed by atoms with E-state index in [4.69, 9.17) is 0 Å². The zero-order chi connectivity index (χ0) is 40.4. The van der Waals surface area contributed by atoms with E-state index in [9.17, 15) is 0 Å². The predicted molar refractivity (Wildman–Crippen MR) is 250 cm³/mol. The summed E-state index contributed by atoms with van der Waals surface area (Å²) >= 11 is -1.06. The molecule has 0 radical (unpaired) electrons. The summed E-state index contributed by atoms with van der Waals surface area (Å²) in [6.07, 6.45) is 18.3. The van der Waals surface area contributed by atoms with Crippen molar-refractivity contribution in [1.29, 1.82) is 0 Å². The summed E-state index contributed by atoms with van der Waals surface area (Å²) in [5.41, 5.74) is 20.0. The van der Waals surface area contributed by atoms with E-state index in [0.29, 0.717) is 7.25 Å². The van der Waals surface area contributed by atoms with Gasteiger partial charge in [0.15, 0.2) is 0 Å². The molecule has 4 aromatic carbocycles. The molecule has 0 N–H and O–H groups in total. The van der Waals surface area contributed by atoms with Gasteiger partial charge in [0.25, 0.3) is 0 Å². The van der Waals surface area contributed by atoms with Gasteiger partial charge in [-0.15, -0.1) is 0 Å². The van der Waals surface area contributed by atoms with Crippen LogP contribution in [-0.2, 0) is 34.1 Å². The quantitative estimate of drug-likeness (QED) is 0.155. The standard InChI is InChI=1S/C56H70Si.2ClH.Zr/c1-9-34-57(8,53-45(35-39-18-12-10-13-19-39)37-43-22-16-24-49(51(43)53)41-26-30-47(31-27-41)55(2,3)4)54-46(36-40-20-14-11-15-21-40)38-44-23-17-25-50(52(44)54)42-28-32-48(33-29-42)56(5,6)7;;;/h16-17,22-33,37-40H,9-15,18-21,34-36H2,1-8H3;2*1H;/q;;;+2/p-2. The summed E-state index contributed by atoms with van der Waals surface area (Å²) in [6, 6.07) is 36.3. The van der Waals surface area contributed by atoms with E-state index in [2.05, 4.69) is 140 Å². The molecule has 4 aliphatic carbocycles. The fourth-order valence-corrected chi connectivity index (χ4v) is 23.7. The van der Waals surface area contributed by atoms with Crippen LogP contribution < -0.4 is 24.8 Å². The van der Waals surface area contributed by atoms with Gasteiger partial charge in [0.1, 0.15) is 0 Å². The first-order valence-electron chi connectivity index (χ1n) is 23.6. The molecule has 2 atom stereocenters. The molecule has 4 heteroatoms. The maximum atomic E-state index is 2.91. The summed E-state index contributed by atoms with van der Waals surface area (Å²) in [6.45, 7) is 19.6. The van der Waals surface area contributed by atoms with Gasteiger partial charge in [0.05, 0.1) is 0 Å². The first kappa shape index (κ1) is 46.0. The third kappa shape index (κ3) is 8.41. The third-order valence-electron chi connectivity index (χ3n) is 15.4. The van der Waals surface area contributed by atoms with Gasteiger partial charge in [0.2, 0.25) is 0 Å². The van der Waals surface area contributed by atoms with Gasteiger partial charge in [-0.05, 0) is 0 Å². The Kier molecular flexibility index (Phi) is 14.0. The molecule has 0 aromatic heterocycles. The fraction of sp³-hybridized carbons (Fsp3) is 0.500. The van der Waals surface area contributed by atoms with Crippen LogP contribution in [0.4, 0.5) is 0 Å². The van der Waals surface area contributed by atoms with E-state index in [0.717, 1.165) is 11.8 Å². The van der Waals surface area contributed by atoms with Crippen molar-refractivity contribution in [1.82, 2.24) is 0 Å². The maximum absolute atomic E-state index is 2.91. The summed E-state index contributed by atoms with van der Waals surface area (Å²) in [5.74, 6) is 1.72. The average molecular weight is 933 g/mol. The Morgan fingerprint density at radius 2 is 0.917 bits per heavy atom. The number of hydrogen-bond donors (Lipinski definition) is 0. The molecule has 4 aromatic rings. The molecular weight excluding hydrogens is 863 g/mol. The number of allylic oxidation sites excluding steroid dienone is 2. The van der Waals surface area contributed by atoms with Crippen LogP contribution in [0.5, 0.6) is 0 Å². The zero-order valence-corrected chi connectivity index (χ0v) is 43.0. The number of fused-ring (bicyclic) bond motifs is 8. The largest absolute Gasteiger partial charge is 1.00 e. The molecule has 316 valence electrons. The SMILES string of the molecule is CCC[Si]1(C)C2=C(CC3CCCCC3)[CH]([Zr+2][CH]3C(CC4CCCCC4)=C1c1c(-c4ccc(C(C)(C)C)cc4)cccc13)c1cccc(-c3ccc(C(C)(C)C)cc3)c12.[Cl-].[Cl-]. The van der Waals surface area contributed by atoms with E-state index in [1.165, 1.54) is 123 Å². The molecule has 0 saturated heterocycles. The summed E-state index contributed by atoms with van der Waals surface area (Å²) in [4.78, 5) is 0. The van der Waals surface area contributed by atoms with Crippen molar-refractivity contribution in [2.24, 2.45) is 11.8 Å². The minimum Gasteiger partial charge on any atom is -1.00 e. The number of rotatable bonds is 8. The Morgan fingerprint density at radius 1 is 0.533 bits per heavy atom. The van der Waals surface area contributed by atoms with E-state index < -0.39 is 31.3 Å². The predicted octanol–water partition coefficient (Wildman–Crippen LogP) is 10.5. The van der Waals surface area contributed by atoms with Gasteiger partial charge in [-0.2, -0.15) is 0 Å². The van der Waals surface area contributed by atoms with Gasteiger partial charge < -0.3 is 24.8 Å². The molecule has 9 rings (SSSR count). The first-order chi connectivity index (χ1) is 27.9. The van der Waals surface area contributed by atoms with Crippen LogP contribution >= 0.6 is 0 Å². The molecule has 2 fully saturated rings. The Balaban J connectivity index is 0.00000272. The second-order valence-corrected chi connectivity index (χ2v) is 29.3. The van der Waals surface area contributed by atoms with Crippen molar-refractivity contribution >= 4 is 18.5 Å². The van der Waals surface area contributed by atoms with E-state index in [1.54, 1.807) is 22.3 Å². The first-order valence-corrected chi connectivity index (χ1v) is 29.1. The average Bonchev–Trinajstić information content (AvgIpc) is 3.71. The monoisotopic (exact) mass is 930 g/mol. The van der Waals surface area contributed by atoms with Crippen molar-refractivity contribution in [2.45, 2.75) is 163 Å². The molecule has 2 saturated carbocycles. The minimum atomic E-state index is -2.32. The van der Waals surface area contributed by atoms with Gasteiger partial charge in [0, 0.05) is 0 Å². The van der Waals surface area contributed by atoms with E-state index in [-0.39, 0.29) is 35.6 Å². The van der Waals surface area contributed by atoms with Crippen molar-refractivity contribution < 1.29 is 48.0 Å². The van der Waals surface area contributed by atoms with Crippen molar-refractivity contribution in [3.63, 3.8) is 0 Å². The molecular formula is C56H70Cl2SiZr. The molecule has 4 bridgehead atoms.